The molecule has 0 radical (unpaired) electrons. The molecule has 0 fully saturated rings. The zero-order valence-electron chi connectivity index (χ0n) is 9.66. The fourth-order valence-corrected chi connectivity index (χ4v) is 2.51. The fraction of sp³-hybridized carbons (Fsp3) is 0.250. The van der Waals surface area contributed by atoms with Crippen LogP contribution in [-0.4, -0.2) is 19.8 Å². The summed E-state index contributed by atoms with van der Waals surface area (Å²) in [7, 11) is 0. The number of nitrogens with zero attached hydrogens (tertiary/aromatic N) is 4. The van der Waals surface area contributed by atoms with Gasteiger partial charge in [-0.05, 0) is 11.5 Å². The van der Waals surface area contributed by atoms with Gasteiger partial charge in [-0.15, -0.1) is 10.2 Å². The van der Waals surface area contributed by atoms with Crippen LogP contribution < -0.4 is 0 Å². The Morgan fingerprint density at radius 1 is 1.18 bits per heavy atom. The molecule has 0 atom stereocenters. The predicted molar refractivity (Wildman–Crippen MR) is 68.2 cm³/mol. The molecule has 17 heavy (non-hydrogen) atoms. The lowest BCUT2D eigenvalue weighted by Gasteiger charge is -2.04. The summed E-state index contributed by atoms with van der Waals surface area (Å²) in [5.74, 6) is 0.557. The topological polar surface area (TPSA) is 43.1 Å². The molecule has 3 aromatic rings. The summed E-state index contributed by atoms with van der Waals surface area (Å²) in [6.07, 6.45) is 1.62. The second-order valence-electron chi connectivity index (χ2n) is 4.24. The Labute approximate surface area is 103 Å². The van der Waals surface area contributed by atoms with Gasteiger partial charge in [0.05, 0.1) is 0 Å². The van der Waals surface area contributed by atoms with E-state index in [-0.39, 0.29) is 0 Å². The Morgan fingerprint density at radius 3 is 2.59 bits per heavy atom. The summed E-state index contributed by atoms with van der Waals surface area (Å²) in [5, 5.41) is 13.2. The van der Waals surface area contributed by atoms with Gasteiger partial charge in [0.25, 0.3) is 0 Å². The number of aromatic nitrogens is 4. The molecule has 0 unspecified atom stereocenters. The van der Waals surface area contributed by atoms with Gasteiger partial charge in [-0.25, -0.2) is 0 Å². The van der Waals surface area contributed by atoms with E-state index < -0.39 is 0 Å². The maximum atomic E-state index is 4.43. The Bertz CT molecular complexity index is 607. The Morgan fingerprint density at radius 2 is 1.94 bits per heavy atom. The van der Waals surface area contributed by atoms with Gasteiger partial charge in [-0.1, -0.05) is 49.4 Å². The lowest BCUT2D eigenvalue weighted by Crippen LogP contribution is -1.87. The second-order valence-corrected chi connectivity index (χ2v) is 5.20. The minimum absolute atomic E-state index is 0.557. The summed E-state index contributed by atoms with van der Waals surface area (Å²) in [6.45, 7) is 4.39. The molecular formula is C12H12N4S. The number of hydrogen-bond donors (Lipinski definition) is 0. The normalized spacial score (nSPS) is 11.5. The first-order chi connectivity index (χ1) is 8.24. The van der Waals surface area contributed by atoms with Gasteiger partial charge >= 0.3 is 0 Å². The van der Waals surface area contributed by atoms with Gasteiger partial charge in [0.2, 0.25) is 4.96 Å². The van der Waals surface area contributed by atoms with Crippen LogP contribution in [0, 0.1) is 0 Å². The zero-order chi connectivity index (χ0) is 11.8. The molecule has 86 valence electrons. The van der Waals surface area contributed by atoms with Crippen molar-refractivity contribution in [2.45, 2.75) is 19.8 Å². The SMILES string of the molecule is CC(C)c1ccc(-c2nn3cnnc3s2)cc1. The van der Waals surface area contributed by atoms with E-state index in [1.54, 1.807) is 22.2 Å². The molecule has 0 spiro atoms. The Hall–Kier alpha value is -1.75. The van der Waals surface area contributed by atoms with E-state index in [4.69, 9.17) is 0 Å². The number of fused-ring (bicyclic) bond motifs is 1. The lowest BCUT2D eigenvalue weighted by molar-refractivity contribution is 0.867. The van der Waals surface area contributed by atoms with Gasteiger partial charge in [0, 0.05) is 5.56 Å². The van der Waals surface area contributed by atoms with Crippen LogP contribution in [0.3, 0.4) is 0 Å². The van der Waals surface area contributed by atoms with Crippen LogP contribution in [-0.2, 0) is 0 Å². The summed E-state index contributed by atoms with van der Waals surface area (Å²) in [5.41, 5.74) is 2.47. The maximum Gasteiger partial charge on any atom is 0.234 e. The van der Waals surface area contributed by atoms with Crippen molar-refractivity contribution in [3.63, 3.8) is 0 Å². The molecule has 4 nitrogen and oxygen atoms in total. The van der Waals surface area contributed by atoms with Crippen LogP contribution in [0.15, 0.2) is 30.6 Å². The van der Waals surface area contributed by atoms with Crippen molar-refractivity contribution >= 4 is 16.3 Å². The standard InChI is InChI=1S/C12H12N4S/c1-8(2)9-3-5-10(6-4-9)11-15-16-7-13-14-12(16)17-11/h3-8H,1-2H3. The summed E-state index contributed by atoms with van der Waals surface area (Å²) >= 11 is 1.55. The van der Waals surface area contributed by atoms with Crippen molar-refractivity contribution in [2.75, 3.05) is 0 Å². The number of hydrogen-bond acceptors (Lipinski definition) is 4. The Balaban J connectivity index is 2.01. The molecule has 0 saturated carbocycles. The van der Waals surface area contributed by atoms with Gasteiger partial charge in [-0.2, -0.15) is 9.61 Å². The van der Waals surface area contributed by atoms with Gasteiger partial charge in [0.1, 0.15) is 11.3 Å². The minimum atomic E-state index is 0.557. The molecule has 0 N–H and O–H groups in total. The first kappa shape index (κ1) is 10.4. The van der Waals surface area contributed by atoms with Gasteiger partial charge < -0.3 is 0 Å². The number of benzene rings is 1. The third kappa shape index (κ3) is 1.82. The average Bonchev–Trinajstić information content (AvgIpc) is 2.89. The molecule has 0 aliphatic rings. The molecule has 1 aromatic carbocycles. The van der Waals surface area contributed by atoms with Crippen molar-refractivity contribution in [1.29, 1.82) is 0 Å². The third-order valence-electron chi connectivity index (χ3n) is 2.71. The van der Waals surface area contributed by atoms with Crippen molar-refractivity contribution in [3.8, 4) is 10.6 Å². The maximum absolute atomic E-state index is 4.43. The summed E-state index contributed by atoms with van der Waals surface area (Å²) in [4.78, 5) is 0.827. The predicted octanol–water partition coefficient (Wildman–Crippen LogP) is 2.98. The van der Waals surface area contributed by atoms with E-state index >= 15 is 0 Å². The molecular weight excluding hydrogens is 232 g/mol. The number of rotatable bonds is 2. The van der Waals surface area contributed by atoms with E-state index in [0.717, 1.165) is 15.5 Å². The van der Waals surface area contributed by atoms with E-state index in [9.17, 15) is 0 Å². The fourth-order valence-electron chi connectivity index (χ4n) is 1.69. The second kappa shape index (κ2) is 3.92. The first-order valence-electron chi connectivity index (χ1n) is 5.51. The highest BCUT2D eigenvalue weighted by Crippen LogP contribution is 2.26. The lowest BCUT2D eigenvalue weighted by atomic mass is 10.0. The van der Waals surface area contributed by atoms with E-state index in [1.165, 1.54) is 5.56 Å². The van der Waals surface area contributed by atoms with Crippen LogP contribution in [0.2, 0.25) is 0 Å². The minimum Gasteiger partial charge on any atom is -0.190 e. The molecule has 2 aromatic heterocycles. The largest absolute Gasteiger partial charge is 0.234 e. The van der Waals surface area contributed by atoms with Crippen molar-refractivity contribution in [2.24, 2.45) is 0 Å². The average molecular weight is 244 g/mol. The Kier molecular flexibility index (Phi) is 2.40. The van der Waals surface area contributed by atoms with Gasteiger partial charge in [-0.3, -0.25) is 0 Å². The molecule has 2 heterocycles. The summed E-state index contributed by atoms with van der Waals surface area (Å²) < 4.78 is 1.70. The molecule has 0 amide bonds. The monoisotopic (exact) mass is 244 g/mol. The molecule has 0 aliphatic heterocycles. The van der Waals surface area contributed by atoms with Crippen molar-refractivity contribution in [1.82, 2.24) is 19.8 Å². The zero-order valence-corrected chi connectivity index (χ0v) is 10.5. The quantitative estimate of drug-likeness (QED) is 0.696. The van der Waals surface area contributed by atoms with Crippen LogP contribution in [0.1, 0.15) is 25.3 Å². The molecule has 5 heteroatoms. The van der Waals surface area contributed by atoms with Crippen LogP contribution in [0.25, 0.3) is 15.5 Å². The van der Waals surface area contributed by atoms with Crippen molar-refractivity contribution < 1.29 is 0 Å². The highest BCUT2D eigenvalue weighted by atomic mass is 32.1. The summed E-state index contributed by atoms with van der Waals surface area (Å²) in [6, 6.07) is 8.53. The van der Waals surface area contributed by atoms with Gasteiger partial charge in [0.15, 0.2) is 0 Å². The third-order valence-corrected chi connectivity index (χ3v) is 3.67. The molecule has 0 saturated heterocycles. The van der Waals surface area contributed by atoms with E-state index in [0.29, 0.717) is 5.92 Å². The van der Waals surface area contributed by atoms with E-state index in [2.05, 4.69) is 53.4 Å². The molecule has 0 aliphatic carbocycles. The highest BCUT2D eigenvalue weighted by Gasteiger charge is 2.07. The van der Waals surface area contributed by atoms with Crippen molar-refractivity contribution in [3.05, 3.63) is 36.2 Å². The molecule has 3 rings (SSSR count). The molecule has 0 bridgehead atoms. The smallest absolute Gasteiger partial charge is 0.190 e. The van der Waals surface area contributed by atoms with Crippen LogP contribution in [0.5, 0.6) is 0 Å². The highest BCUT2D eigenvalue weighted by molar-refractivity contribution is 7.19. The van der Waals surface area contributed by atoms with Crippen LogP contribution >= 0.6 is 11.3 Å². The van der Waals surface area contributed by atoms with Crippen LogP contribution in [0.4, 0.5) is 0 Å². The van der Waals surface area contributed by atoms with E-state index in [1.807, 2.05) is 0 Å². The first-order valence-corrected chi connectivity index (χ1v) is 6.33.